The van der Waals surface area contributed by atoms with Gasteiger partial charge in [-0.15, -0.1) is 11.6 Å². The molecule has 0 N–H and O–H groups in total. The quantitative estimate of drug-likeness (QED) is 0.782. The molecular formula is C18H22ClNO. The maximum absolute atomic E-state index is 6.71. The Morgan fingerprint density at radius 3 is 2.57 bits per heavy atom. The van der Waals surface area contributed by atoms with Crippen molar-refractivity contribution in [3.63, 3.8) is 0 Å². The van der Waals surface area contributed by atoms with Crippen molar-refractivity contribution >= 4 is 22.5 Å². The van der Waals surface area contributed by atoms with Crippen LogP contribution in [0.2, 0.25) is 0 Å². The lowest BCUT2D eigenvalue weighted by atomic mass is 9.85. The van der Waals surface area contributed by atoms with E-state index in [2.05, 4.69) is 39.0 Å². The Bertz CT molecular complexity index is 629. The van der Waals surface area contributed by atoms with Gasteiger partial charge in [0.2, 0.25) is 0 Å². The van der Waals surface area contributed by atoms with Gasteiger partial charge in [0, 0.05) is 28.8 Å². The van der Waals surface area contributed by atoms with Gasteiger partial charge < -0.3 is 4.74 Å². The van der Waals surface area contributed by atoms with Gasteiger partial charge in [0.25, 0.3) is 0 Å². The van der Waals surface area contributed by atoms with Gasteiger partial charge in [0.05, 0.1) is 17.7 Å². The maximum atomic E-state index is 6.71. The zero-order valence-electron chi connectivity index (χ0n) is 12.8. The van der Waals surface area contributed by atoms with Crippen molar-refractivity contribution in [1.29, 1.82) is 0 Å². The first-order valence-electron chi connectivity index (χ1n) is 7.70. The second-order valence-corrected chi connectivity index (χ2v) is 6.76. The fourth-order valence-corrected chi connectivity index (χ4v) is 4.07. The highest BCUT2D eigenvalue weighted by Crippen LogP contribution is 2.37. The SMILES string of the molecule is CC1OC(C)C(C(Cl)Cc2ccc3ccccc3n2)C1C. The molecule has 2 aromatic rings. The van der Waals surface area contributed by atoms with Gasteiger partial charge in [-0.2, -0.15) is 0 Å². The summed E-state index contributed by atoms with van der Waals surface area (Å²) in [6, 6.07) is 12.4. The largest absolute Gasteiger partial charge is 0.375 e. The molecule has 0 spiro atoms. The minimum Gasteiger partial charge on any atom is -0.375 e. The van der Waals surface area contributed by atoms with Crippen molar-refractivity contribution < 1.29 is 4.74 Å². The zero-order valence-corrected chi connectivity index (χ0v) is 13.5. The van der Waals surface area contributed by atoms with Crippen molar-refractivity contribution in [3.8, 4) is 0 Å². The number of rotatable bonds is 3. The second-order valence-electron chi connectivity index (χ2n) is 6.20. The van der Waals surface area contributed by atoms with Gasteiger partial charge >= 0.3 is 0 Å². The Labute approximate surface area is 131 Å². The van der Waals surface area contributed by atoms with Gasteiger partial charge in [-0.05, 0) is 31.9 Å². The highest BCUT2D eigenvalue weighted by Gasteiger charge is 2.41. The average molecular weight is 304 g/mol. The van der Waals surface area contributed by atoms with Crippen LogP contribution in [0.25, 0.3) is 10.9 Å². The van der Waals surface area contributed by atoms with Gasteiger partial charge in [0.1, 0.15) is 0 Å². The van der Waals surface area contributed by atoms with Crippen molar-refractivity contribution in [3.05, 3.63) is 42.1 Å². The lowest BCUT2D eigenvalue weighted by Crippen LogP contribution is -2.29. The molecule has 1 aliphatic rings. The van der Waals surface area contributed by atoms with E-state index in [4.69, 9.17) is 21.3 Å². The van der Waals surface area contributed by atoms with E-state index in [-0.39, 0.29) is 17.6 Å². The van der Waals surface area contributed by atoms with Crippen LogP contribution in [-0.4, -0.2) is 22.6 Å². The van der Waals surface area contributed by atoms with Crippen LogP contribution >= 0.6 is 11.6 Å². The number of nitrogens with zero attached hydrogens (tertiary/aromatic N) is 1. The summed E-state index contributed by atoms with van der Waals surface area (Å²) in [6.45, 7) is 6.51. The van der Waals surface area contributed by atoms with Crippen LogP contribution in [0.4, 0.5) is 0 Å². The van der Waals surface area contributed by atoms with Gasteiger partial charge in [0.15, 0.2) is 0 Å². The number of hydrogen-bond acceptors (Lipinski definition) is 2. The topological polar surface area (TPSA) is 22.1 Å². The summed E-state index contributed by atoms with van der Waals surface area (Å²) in [6.07, 6.45) is 1.30. The number of alkyl halides is 1. The molecule has 3 rings (SSSR count). The van der Waals surface area contributed by atoms with E-state index in [1.807, 2.05) is 18.2 Å². The fraction of sp³-hybridized carbons (Fsp3) is 0.500. The minimum absolute atomic E-state index is 0.0635. The van der Waals surface area contributed by atoms with Crippen LogP contribution < -0.4 is 0 Å². The van der Waals surface area contributed by atoms with Crippen LogP contribution in [0, 0.1) is 11.8 Å². The van der Waals surface area contributed by atoms with Gasteiger partial charge in [-0.3, -0.25) is 4.98 Å². The van der Waals surface area contributed by atoms with Crippen LogP contribution in [-0.2, 0) is 11.2 Å². The molecule has 1 aliphatic heterocycles. The lowest BCUT2D eigenvalue weighted by molar-refractivity contribution is 0.0508. The fourth-order valence-electron chi connectivity index (χ4n) is 3.47. The molecule has 1 saturated heterocycles. The Morgan fingerprint density at radius 2 is 1.86 bits per heavy atom. The number of hydrogen-bond donors (Lipinski definition) is 0. The molecule has 0 radical (unpaired) electrons. The Hall–Kier alpha value is -1.12. The molecule has 3 heteroatoms. The molecule has 2 nitrogen and oxygen atoms in total. The monoisotopic (exact) mass is 303 g/mol. The van der Waals surface area contributed by atoms with Crippen LogP contribution in [0.5, 0.6) is 0 Å². The summed E-state index contributed by atoms with van der Waals surface area (Å²) in [5.74, 6) is 0.873. The smallest absolute Gasteiger partial charge is 0.0705 e. The number of pyridine rings is 1. The number of halogens is 1. The Morgan fingerprint density at radius 1 is 1.10 bits per heavy atom. The molecule has 0 aliphatic carbocycles. The van der Waals surface area contributed by atoms with E-state index in [1.54, 1.807) is 0 Å². The van der Waals surface area contributed by atoms with Crippen molar-refractivity contribution in [1.82, 2.24) is 4.98 Å². The zero-order chi connectivity index (χ0) is 15.0. The van der Waals surface area contributed by atoms with Crippen LogP contribution in [0.1, 0.15) is 26.5 Å². The van der Waals surface area contributed by atoms with Crippen molar-refractivity contribution in [2.24, 2.45) is 11.8 Å². The summed E-state index contributed by atoms with van der Waals surface area (Å²) in [4.78, 5) is 4.73. The third kappa shape index (κ3) is 2.93. The van der Waals surface area contributed by atoms with E-state index < -0.39 is 0 Å². The van der Waals surface area contributed by atoms with E-state index >= 15 is 0 Å². The van der Waals surface area contributed by atoms with Crippen molar-refractivity contribution in [2.75, 3.05) is 0 Å². The summed E-state index contributed by atoms with van der Waals surface area (Å²) in [5.41, 5.74) is 2.10. The molecular weight excluding hydrogens is 282 g/mol. The predicted octanol–water partition coefficient (Wildman–Crippen LogP) is 4.44. The summed E-state index contributed by atoms with van der Waals surface area (Å²) in [5, 5.41) is 1.24. The maximum Gasteiger partial charge on any atom is 0.0705 e. The molecule has 112 valence electrons. The van der Waals surface area contributed by atoms with Gasteiger partial charge in [-0.25, -0.2) is 0 Å². The molecule has 0 bridgehead atoms. The van der Waals surface area contributed by atoms with Crippen molar-refractivity contribution in [2.45, 2.75) is 44.8 Å². The van der Waals surface area contributed by atoms with E-state index in [1.165, 1.54) is 5.39 Å². The number of fused-ring (bicyclic) bond motifs is 1. The van der Waals surface area contributed by atoms with E-state index in [9.17, 15) is 0 Å². The highest BCUT2D eigenvalue weighted by molar-refractivity contribution is 6.21. The van der Waals surface area contributed by atoms with E-state index in [0.717, 1.165) is 17.6 Å². The first-order valence-corrected chi connectivity index (χ1v) is 8.14. The highest BCUT2D eigenvalue weighted by atomic mass is 35.5. The molecule has 1 aromatic carbocycles. The molecule has 5 unspecified atom stereocenters. The molecule has 0 saturated carbocycles. The minimum atomic E-state index is 0.0635. The first kappa shape index (κ1) is 14.8. The number of para-hydroxylation sites is 1. The molecule has 2 heterocycles. The Balaban J connectivity index is 1.78. The summed E-state index contributed by atoms with van der Waals surface area (Å²) < 4.78 is 5.91. The first-order chi connectivity index (χ1) is 10.1. The third-order valence-corrected chi connectivity index (χ3v) is 5.24. The van der Waals surface area contributed by atoms with Crippen LogP contribution in [0.15, 0.2) is 36.4 Å². The molecule has 21 heavy (non-hydrogen) atoms. The molecule has 1 aromatic heterocycles. The average Bonchev–Trinajstić information content (AvgIpc) is 2.72. The summed E-state index contributed by atoms with van der Waals surface area (Å²) in [7, 11) is 0. The lowest BCUT2D eigenvalue weighted by Gasteiger charge is -2.23. The third-order valence-electron chi connectivity index (χ3n) is 4.80. The summed E-state index contributed by atoms with van der Waals surface area (Å²) >= 11 is 6.71. The molecule has 5 atom stereocenters. The van der Waals surface area contributed by atoms with E-state index in [0.29, 0.717) is 11.8 Å². The van der Waals surface area contributed by atoms with Crippen LogP contribution in [0.3, 0.4) is 0 Å². The standard InChI is InChI=1S/C18H22ClNO/c1-11-12(2)21-13(3)18(11)16(19)10-15-9-8-14-6-4-5-7-17(14)20-15/h4-9,11-13,16,18H,10H2,1-3H3. The normalized spacial score (nSPS) is 30.7. The predicted molar refractivity (Wildman–Crippen MR) is 87.8 cm³/mol. The second kappa shape index (κ2) is 5.94. The number of ether oxygens (including phenoxy) is 1. The number of aromatic nitrogens is 1. The molecule has 0 amide bonds. The Kier molecular flexibility index (Phi) is 4.19. The molecule has 1 fully saturated rings. The number of benzene rings is 1. The van der Waals surface area contributed by atoms with Gasteiger partial charge in [-0.1, -0.05) is 31.2 Å².